The number of hydrogen-bond donors (Lipinski definition) is 1. The van der Waals surface area contributed by atoms with Crippen molar-refractivity contribution in [3.8, 4) is 0 Å². The molecule has 2 fully saturated rings. The van der Waals surface area contributed by atoms with E-state index in [1.54, 1.807) is 0 Å². The number of ether oxygens (including phenoxy) is 1. The lowest BCUT2D eigenvalue weighted by Gasteiger charge is -2.26. The molecule has 0 spiro atoms. The minimum absolute atomic E-state index is 0.286. The average molecular weight is 277 g/mol. The third-order valence-corrected chi connectivity index (χ3v) is 4.77. The molecule has 1 saturated carbocycles. The van der Waals surface area contributed by atoms with Crippen molar-refractivity contribution in [2.75, 3.05) is 32.8 Å². The maximum absolute atomic E-state index is 11.3. The van der Waals surface area contributed by atoms with E-state index in [0.29, 0.717) is 11.8 Å². The molecule has 2 atom stereocenters. The molecule has 0 unspecified atom stereocenters. The first-order valence-corrected chi connectivity index (χ1v) is 7.37. The number of fused-ring (bicyclic) bond motifs is 3. The standard InChI is InChI=1S/C14H19N3O3/c18-14(19)12-11-8-9-7-10(9)13(11)17(15-12)2-1-16-3-5-20-6-4-16/h9-10H,1-8H2,(H,18,19)/t9-,10-/m1/s1. The van der Waals surface area contributed by atoms with Crippen LogP contribution in [0.2, 0.25) is 0 Å². The fraction of sp³-hybridized carbons (Fsp3) is 0.714. The highest BCUT2D eigenvalue weighted by atomic mass is 16.5. The highest BCUT2D eigenvalue weighted by Gasteiger charge is 2.49. The zero-order chi connectivity index (χ0) is 13.7. The number of morpholine rings is 1. The third kappa shape index (κ3) is 1.94. The first-order chi connectivity index (χ1) is 9.74. The molecule has 108 valence electrons. The summed E-state index contributed by atoms with van der Waals surface area (Å²) >= 11 is 0. The highest BCUT2D eigenvalue weighted by molar-refractivity contribution is 5.88. The topological polar surface area (TPSA) is 67.6 Å². The lowest BCUT2D eigenvalue weighted by molar-refractivity contribution is 0.0358. The Balaban J connectivity index is 1.53. The molecule has 1 aromatic heterocycles. The van der Waals surface area contributed by atoms with E-state index in [2.05, 4.69) is 10.00 Å². The van der Waals surface area contributed by atoms with Crippen LogP contribution in [0.4, 0.5) is 0 Å². The molecule has 1 N–H and O–H groups in total. The van der Waals surface area contributed by atoms with Gasteiger partial charge in [-0.15, -0.1) is 0 Å². The summed E-state index contributed by atoms with van der Waals surface area (Å²) in [6.07, 6.45) is 2.13. The van der Waals surface area contributed by atoms with Gasteiger partial charge in [-0.2, -0.15) is 5.10 Å². The third-order valence-electron chi connectivity index (χ3n) is 4.77. The van der Waals surface area contributed by atoms with Gasteiger partial charge in [0.2, 0.25) is 0 Å². The Bertz CT molecular complexity index is 548. The van der Waals surface area contributed by atoms with Gasteiger partial charge in [-0.25, -0.2) is 4.79 Å². The molecule has 0 aromatic carbocycles. The zero-order valence-electron chi connectivity index (χ0n) is 11.4. The van der Waals surface area contributed by atoms with Crippen molar-refractivity contribution < 1.29 is 14.6 Å². The molecule has 6 nitrogen and oxygen atoms in total. The van der Waals surface area contributed by atoms with Crippen LogP contribution in [0.15, 0.2) is 0 Å². The van der Waals surface area contributed by atoms with Crippen LogP contribution >= 0.6 is 0 Å². The number of aromatic nitrogens is 2. The Hall–Kier alpha value is -1.40. The summed E-state index contributed by atoms with van der Waals surface area (Å²) in [4.78, 5) is 13.7. The van der Waals surface area contributed by atoms with E-state index >= 15 is 0 Å². The van der Waals surface area contributed by atoms with Crippen molar-refractivity contribution >= 4 is 5.97 Å². The lowest BCUT2D eigenvalue weighted by Crippen LogP contribution is -2.38. The Morgan fingerprint density at radius 2 is 2.15 bits per heavy atom. The summed E-state index contributed by atoms with van der Waals surface area (Å²) in [5, 5.41) is 13.6. The van der Waals surface area contributed by atoms with Crippen molar-refractivity contribution in [1.29, 1.82) is 0 Å². The lowest BCUT2D eigenvalue weighted by atomic mass is 10.1. The van der Waals surface area contributed by atoms with Crippen LogP contribution in [-0.2, 0) is 17.7 Å². The van der Waals surface area contributed by atoms with Crippen molar-refractivity contribution in [1.82, 2.24) is 14.7 Å². The number of aromatic carboxylic acids is 1. The van der Waals surface area contributed by atoms with Gasteiger partial charge in [0.25, 0.3) is 0 Å². The van der Waals surface area contributed by atoms with Gasteiger partial charge in [0.15, 0.2) is 5.69 Å². The quantitative estimate of drug-likeness (QED) is 0.871. The highest BCUT2D eigenvalue weighted by Crippen LogP contribution is 2.56. The molecule has 1 saturated heterocycles. The van der Waals surface area contributed by atoms with E-state index in [1.807, 2.05) is 4.68 Å². The molecule has 1 aliphatic heterocycles. The summed E-state index contributed by atoms with van der Waals surface area (Å²) in [6.45, 7) is 5.22. The molecule has 0 amide bonds. The molecule has 0 bridgehead atoms. The fourth-order valence-corrected chi connectivity index (χ4v) is 3.60. The van der Waals surface area contributed by atoms with E-state index < -0.39 is 5.97 Å². The largest absolute Gasteiger partial charge is 0.476 e. The van der Waals surface area contributed by atoms with Gasteiger partial charge in [0, 0.05) is 36.8 Å². The average Bonchev–Trinajstić information content (AvgIpc) is 2.96. The molecule has 2 heterocycles. The van der Waals surface area contributed by atoms with Crippen molar-refractivity contribution in [2.24, 2.45) is 5.92 Å². The summed E-state index contributed by atoms with van der Waals surface area (Å²) < 4.78 is 7.31. The zero-order valence-corrected chi connectivity index (χ0v) is 11.4. The maximum atomic E-state index is 11.3. The SMILES string of the molecule is O=C(O)c1nn(CCN2CCOCC2)c2c1C[C@H]1C[C@@H]21. The fourth-order valence-electron chi connectivity index (χ4n) is 3.60. The number of carbonyl (C=O) groups is 1. The smallest absolute Gasteiger partial charge is 0.356 e. The molecule has 20 heavy (non-hydrogen) atoms. The monoisotopic (exact) mass is 277 g/mol. The molecule has 3 aliphatic rings. The molecular weight excluding hydrogens is 258 g/mol. The molecule has 6 heteroatoms. The van der Waals surface area contributed by atoms with Gasteiger partial charge in [0.1, 0.15) is 0 Å². The Morgan fingerprint density at radius 1 is 1.35 bits per heavy atom. The summed E-state index contributed by atoms with van der Waals surface area (Å²) in [5.74, 6) is 0.388. The second-order valence-corrected chi connectivity index (χ2v) is 6.00. The van der Waals surface area contributed by atoms with E-state index in [4.69, 9.17) is 4.74 Å². The van der Waals surface area contributed by atoms with E-state index in [0.717, 1.165) is 51.4 Å². The first-order valence-electron chi connectivity index (χ1n) is 7.37. The van der Waals surface area contributed by atoms with E-state index in [1.165, 1.54) is 12.1 Å². The van der Waals surface area contributed by atoms with Crippen LogP contribution in [0.25, 0.3) is 0 Å². The minimum atomic E-state index is -0.882. The summed E-state index contributed by atoms with van der Waals surface area (Å²) in [6, 6.07) is 0. The van der Waals surface area contributed by atoms with E-state index in [-0.39, 0.29) is 5.69 Å². The van der Waals surface area contributed by atoms with Crippen molar-refractivity contribution in [2.45, 2.75) is 25.3 Å². The second kappa shape index (κ2) is 4.56. The number of carboxylic acids is 1. The van der Waals surface area contributed by atoms with Crippen LogP contribution in [-0.4, -0.2) is 58.6 Å². The van der Waals surface area contributed by atoms with Crippen LogP contribution in [0, 0.1) is 5.92 Å². The molecule has 4 rings (SSSR count). The van der Waals surface area contributed by atoms with Crippen LogP contribution in [0.5, 0.6) is 0 Å². The van der Waals surface area contributed by atoms with Gasteiger partial charge in [-0.1, -0.05) is 0 Å². The number of rotatable bonds is 4. The predicted octanol–water partition coefficient (Wildman–Crippen LogP) is 0.573. The normalized spacial score (nSPS) is 28.2. The molecule has 1 aromatic rings. The van der Waals surface area contributed by atoms with Gasteiger partial charge in [-0.05, 0) is 18.8 Å². The van der Waals surface area contributed by atoms with Gasteiger partial charge < -0.3 is 9.84 Å². The number of carboxylic acid groups (broad SMARTS) is 1. The van der Waals surface area contributed by atoms with Crippen molar-refractivity contribution in [3.63, 3.8) is 0 Å². The Kier molecular flexibility index (Phi) is 2.82. The first kappa shape index (κ1) is 12.3. The summed E-state index contributed by atoms with van der Waals surface area (Å²) in [7, 11) is 0. The number of nitrogens with zero attached hydrogens (tertiary/aromatic N) is 3. The maximum Gasteiger partial charge on any atom is 0.356 e. The van der Waals surface area contributed by atoms with Crippen molar-refractivity contribution in [3.05, 3.63) is 17.0 Å². The second-order valence-electron chi connectivity index (χ2n) is 6.00. The molecule has 2 aliphatic carbocycles. The predicted molar refractivity (Wildman–Crippen MR) is 71.0 cm³/mol. The van der Waals surface area contributed by atoms with Gasteiger partial charge in [0.05, 0.1) is 19.8 Å². The van der Waals surface area contributed by atoms with Gasteiger partial charge >= 0.3 is 5.97 Å². The van der Waals surface area contributed by atoms with Crippen LogP contribution in [0.1, 0.15) is 34.1 Å². The van der Waals surface area contributed by atoms with Crippen LogP contribution < -0.4 is 0 Å². The Morgan fingerprint density at radius 3 is 2.90 bits per heavy atom. The van der Waals surface area contributed by atoms with Crippen LogP contribution in [0.3, 0.4) is 0 Å². The van der Waals surface area contributed by atoms with Gasteiger partial charge in [-0.3, -0.25) is 9.58 Å². The minimum Gasteiger partial charge on any atom is -0.476 e. The van der Waals surface area contributed by atoms with E-state index in [9.17, 15) is 9.90 Å². The molecule has 0 radical (unpaired) electrons. The summed E-state index contributed by atoms with van der Waals surface area (Å²) in [5.41, 5.74) is 2.50. The molecular formula is C14H19N3O3. The number of hydrogen-bond acceptors (Lipinski definition) is 4. The Labute approximate surface area is 117 Å².